The van der Waals surface area contributed by atoms with Crippen LogP contribution < -0.4 is 10.6 Å². The quantitative estimate of drug-likeness (QED) is 0.283. The van der Waals surface area contributed by atoms with Crippen molar-refractivity contribution in [2.45, 2.75) is 38.3 Å². The van der Waals surface area contributed by atoms with Gasteiger partial charge in [0, 0.05) is 35.4 Å². The number of hydrogen-bond donors (Lipinski definition) is 4. The summed E-state index contributed by atoms with van der Waals surface area (Å²) < 4.78 is 26.7. The van der Waals surface area contributed by atoms with Gasteiger partial charge in [-0.05, 0) is 30.2 Å². The normalized spacial score (nSPS) is 13.1. The summed E-state index contributed by atoms with van der Waals surface area (Å²) in [6.45, 7) is 5.10. The number of anilines is 1. The minimum Gasteiger partial charge on any atom is -0.378 e. The fraction of sp³-hybridized carbons (Fsp3) is 0.261. The largest absolute Gasteiger partial charge is 0.378 e. The highest BCUT2D eigenvalue weighted by molar-refractivity contribution is 5.97. The average molecular weight is 487 g/mol. The molecule has 0 saturated heterocycles. The number of carbonyl (C=O) groups is 2. The second-order valence-corrected chi connectivity index (χ2v) is 8.42. The van der Waals surface area contributed by atoms with Crippen molar-refractivity contribution in [3.63, 3.8) is 0 Å². The number of hydrogen-bond acceptors (Lipinski definition) is 6. The number of non-ortho nitro benzene ring substituents is 1. The molecule has 10 nitrogen and oxygen atoms in total. The molecule has 3 aromatic rings. The fourth-order valence-electron chi connectivity index (χ4n) is 3.34. The fourth-order valence-corrected chi connectivity index (χ4v) is 3.34. The molecule has 184 valence electrons. The van der Waals surface area contributed by atoms with E-state index in [-0.39, 0.29) is 17.1 Å². The number of nitrogens with one attached hydrogen (secondary N) is 3. The van der Waals surface area contributed by atoms with Gasteiger partial charge < -0.3 is 15.7 Å². The van der Waals surface area contributed by atoms with Crippen molar-refractivity contribution in [2.24, 2.45) is 0 Å². The molecule has 0 spiro atoms. The summed E-state index contributed by atoms with van der Waals surface area (Å²) >= 11 is 0. The molecule has 2 amide bonds. The third-order valence-electron chi connectivity index (χ3n) is 5.50. The van der Waals surface area contributed by atoms with Crippen LogP contribution in [-0.2, 0) is 15.0 Å². The van der Waals surface area contributed by atoms with Gasteiger partial charge in [0.25, 0.3) is 11.6 Å². The lowest BCUT2D eigenvalue weighted by molar-refractivity contribution is -0.384. The van der Waals surface area contributed by atoms with E-state index in [1.165, 1.54) is 19.1 Å². The van der Waals surface area contributed by atoms with Crippen LogP contribution in [0.3, 0.4) is 0 Å². The molecule has 0 aliphatic heterocycles. The van der Waals surface area contributed by atoms with Crippen LogP contribution in [0.5, 0.6) is 0 Å². The lowest BCUT2D eigenvalue weighted by Crippen LogP contribution is -2.43. The van der Waals surface area contributed by atoms with Gasteiger partial charge in [-0.2, -0.15) is 5.10 Å². The zero-order valence-corrected chi connectivity index (χ0v) is 19.0. The van der Waals surface area contributed by atoms with Crippen molar-refractivity contribution in [3.05, 3.63) is 87.1 Å². The van der Waals surface area contributed by atoms with Gasteiger partial charge in [-0.15, -0.1) is 0 Å². The number of nitrogens with zero attached hydrogens (tertiary/aromatic N) is 2. The summed E-state index contributed by atoms with van der Waals surface area (Å²) in [5.41, 5.74) is 0.425. The van der Waals surface area contributed by atoms with Crippen molar-refractivity contribution in [2.75, 3.05) is 5.32 Å². The van der Waals surface area contributed by atoms with Crippen molar-refractivity contribution >= 4 is 23.3 Å². The number of nitro groups is 1. The number of rotatable bonds is 8. The molecule has 0 aliphatic rings. The molecule has 2 atom stereocenters. The highest BCUT2D eigenvalue weighted by Crippen LogP contribution is 2.32. The van der Waals surface area contributed by atoms with Gasteiger partial charge in [0.15, 0.2) is 11.9 Å². The molecule has 35 heavy (non-hydrogen) atoms. The average Bonchev–Trinajstić information content (AvgIpc) is 3.27. The molecule has 1 unspecified atom stereocenters. The summed E-state index contributed by atoms with van der Waals surface area (Å²) in [6.07, 6.45) is -1.88. The molecule has 1 heterocycles. The molecule has 0 bridgehead atoms. The van der Waals surface area contributed by atoms with E-state index in [4.69, 9.17) is 0 Å². The number of H-pyrrole nitrogens is 1. The second-order valence-electron chi connectivity index (χ2n) is 8.42. The Hall–Kier alpha value is -4.19. The number of aliphatic hydroxyl groups excluding tert-OH is 1. The summed E-state index contributed by atoms with van der Waals surface area (Å²) in [6, 6.07) is 8.75. The van der Waals surface area contributed by atoms with E-state index in [1.807, 2.05) is 13.8 Å². The van der Waals surface area contributed by atoms with Crippen molar-refractivity contribution in [3.8, 4) is 0 Å². The lowest BCUT2D eigenvalue weighted by atomic mass is 9.81. The van der Waals surface area contributed by atoms with Gasteiger partial charge in [0.1, 0.15) is 17.7 Å². The standard InChI is InChI=1S/C23H23F2N5O5/c1-12(26-22(33)20(31)13-8-15(24)10-16(25)9-13)21(32)27-19-11-18(28-29-19)23(2,3)14-4-6-17(7-5-14)30(34)35/h4-12,20,31H,1-3H3,(H,26,33)(H2,27,28,29,32)/t12-,20?/m0/s1. The van der Waals surface area contributed by atoms with Crippen LogP contribution in [0.15, 0.2) is 48.5 Å². The van der Waals surface area contributed by atoms with E-state index in [0.717, 1.165) is 17.7 Å². The van der Waals surface area contributed by atoms with Crippen LogP contribution in [0.25, 0.3) is 0 Å². The summed E-state index contributed by atoms with van der Waals surface area (Å²) in [5, 5.41) is 32.6. The third kappa shape index (κ3) is 5.84. The number of amides is 2. The van der Waals surface area contributed by atoms with Crippen molar-refractivity contribution in [1.29, 1.82) is 0 Å². The molecule has 0 fully saturated rings. The van der Waals surface area contributed by atoms with Gasteiger partial charge in [0.05, 0.1) is 4.92 Å². The Morgan fingerprint density at radius 2 is 1.69 bits per heavy atom. The molecular weight excluding hydrogens is 464 g/mol. The predicted octanol–water partition coefficient (Wildman–Crippen LogP) is 3.10. The van der Waals surface area contributed by atoms with Crippen LogP contribution in [-0.4, -0.2) is 38.1 Å². The minimum atomic E-state index is -1.88. The van der Waals surface area contributed by atoms with Crippen LogP contribution in [0.2, 0.25) is 0 Å². The zero-order valence-electron chi connectivity index (χ0n) is 19.0. The number of carbonyl (C=O) groups excluding carboxylic acids is 2. The topological polar surface area (TPSA) is 150 Å². The van der Waals surface area contributed by atoms with E-state index in [2.05, 4.69) is 20.8 Å². The maximum atomic E-state index is 13.3. The molecule has 0 saturated carbocycles. The number of aromatic nitrogens is 2. The first-order chi connectivity index (χ1) is 16.4. The summed E-state index contributed by atoms with van der Waals surface area (Å²) in [7, 11) is 0. The van der Waals surface area contributed by atoms with Gasteiger partial charge in [-0.25, -0.2) is 8.78 Å². The number of aromatic amines is 1. The van der Waals surface area contributed by atoms with E-state index in [1.54, 1.807) is 18.2 Å². The third-order valence-corrected chi connectivity index (χ3v) is 5.50. The maximum absolute atomic E-state index is 13.3. The van der Waals surface area contributed by atoms with Crippen LogP contribution in [0, 0.1) is 21.7 Å². The number of halogens is 2. The molecule has 3 rings (SSSR count). The Labute approximate surface area is 198 Å². The van der Waals surface area contributed by atoms with E-state index in [9.17, 15) is 33.6 Å². The Morgan fingerprint density at radius 3 is 2.26 bits per heavy atom. The first-order valence-corrected chi connectivity index (χ1v) is 10.4. The summed E-state index contributed by atoms with van der Waals surface area (Å²) in [5.74, 6) is -3.41. The smallest absolute Gasteiger partial charge is 0.269 e. The molecule has 12 heteroatoms. The molecule has 4 N–H and O–H groups in total. The molecule has 0 aliphatic carbocycles. The van der Waals surface area contributed by atoms with E-state index in [0.29, 0.717) is 11.8 Å². The molecular formula is C23H23F2N5O5. The van der Waals surface area contributed by atoms with Gasteiger partial charge in [0.2, 0.25) is 5.91 Å². The van der Waals surface area contributed by atoms with Crippen LogP contribution >= 0.6 is 0 Å². The van der Waals surface area contributed by atoms with Crippen molar-refractivity contribution < 1.29 is 28.4 Å². The SMILES string of the molecule is C[C@H](NC(=O)C(O)c1cc(F)cc(F)c1)C(=O)Nc1cc(C(C)(C)c2ccc([N+](=O)[O-])cc2)[nH]n1. The number of nitro benzene ring substituents is 1. The summed E-state index contributed by atoms with van der Waals surface area (Å²) in [4.78, 5) is 35.1. The van der Waals surface area contributed by atoms with Crippen LogP contribution in [0.1, 0.15) is 43.7 Å². The Morgan fingerprint density at radius 1 is 1.09 bits per heavy atom. The van der Waals surface area contributed by atoms with E-state index >= 15 is 0 Å². The molecule has 2 aromatic carbocycles. The molecule has 1 aromatic heterocycles. The maximum Gasteiger partial charge on any atom is 0.269 e. The van der Waals surface area contributed by atoms with Crippen molar-refractivity contribution in [1.82, 2.24) is 15.5 Å². The van der Waals surface area contributed by atoms with Gasteiger partial charge in [-0.3, -0.25) is 24.8 Å². The predicted molar refractivity (Wildman–Crippen MR) is 121 cm³/mol. The first-order valence-electron chi connectivity index (χ1n) is 10.4. The molecule has 0 radical (unpaired) electrons. The number of aliphatic hydroxyl groups is 1. The Balaban J connectivity index is 1.64. The first kappa shape index (κ1) is 25.4. The Kier molecular flexibility index (Phi) is 7.25. The van der Waals surface area contributed by atoms with Crippen LogP contribution in [0.4, 0.5) is 20.3 Å². The van der Waals surface area contributed by atoms with Gasteiger partial charge >= 0.3 is 0 Å². The Bertz CT molecular complexity index is 1240. The highest BCUT2D eigenvalue weighted by atomic mass is 19.1. The zero-order chi connectivity index (χ0) is 25.9. The number of benzene rings is 2. The highest BCUT2D eigenvalue weighted by Gasteiger charge is 2.28. The minimum absolute atomic E-state index is 0.0363. The lowest BCUT2D eigenvalue weighted by Gasteiger charge is -2.23. The van der Waals surface area contributed by atoms with Gasteiger partial charge in [-0.1, -0.05) is 26.0 Å². The second kappa shape index (κ2) is 9.97. The van der Waals surface area contributed by atoms with E-state index < -0.39 is 45.9 Å². The monoisotopic (exact) mass is 487 g/mol.